The second-order valence-corrected chi connectivity index (χ2v) is 8.87. The predicted molar refractivity (Wildman–Crippen MR) is 143 cm³/mol. The maximum atomic E-state index is 5.58. The monoisotopic (exact) mass is 481 g/mol. The fourth-order valence-electron chi connectivity index (χ4n) is 4.59. The zero-order valence-corrected chi connectivity index (χ0v) is 20.7. The number of para-hydroxylation sites is 1. The van der Waals surface area contributed by atoms with Crippen molar-refractivity contribution >= 4 is 22.7 Å². The van der Waals surface area contributed by atoms with Crippen molar-refractivity contribution in [2.45, 2.75) is 51.7 Å². The van der Waals surface area contributed by atoms with Crippen LogP contribution in [0.2, 0.25) is 0 Å². The van der Waals surface area contributed by atoms with Gasteiger partial charge in [0.2, 0.25) is 5.95 Å². The number of anilines is 2. The van der Waals surface area contributed by atoms with Crippen LogP contribution in [0.3, 0.4) is 0 Å². The summed E-state index contributed by atoms with van der Waals surface area (Å²) in [6.07, 6.45) is 4.27. The number of ether oxygens (including phenoxy) is 3. The number of nitrogens with one attached hydrogen (secondary N) is 2. The van der Waals surface area contributed by atoms with Gasteiger partial charge in [-0.15, -0.1) is 0 Å². The fourth-order valence-corrected chi connectivity index (χ4v) is 4.59. The maximum absolute atomic E-state index is 5.58. The molecule has 0 atom stereocenters. The molecule has 0 aliphatic heterocycles. The number of benzene rings is 2. The molecule has 1 heterocycles. The molecule has 2 aromatic carbocycles. The molecule has 0 unspecified atom stereocenters. The molecular weight excluding hydrogens is 442 g/mol. The molecule has 0 saturated heterocycles. The van der Waals surface area contributed by atoms with E-state index in [9.17, 15) is 0 Å². The van der Waals surface area contributed by atoms with Gasteiger partial charge in [0.25, 0.3) is 0 Å². The van der Waals surface area contributed by atoms with Crippen LogP contribution in [0.5, 0.6) is 17.2 Å². The molecular formula is C27H39N5O3. The summed E-state index contributed by atoms with van der Waals surface area (Å²) in [4.78, 5) is 11.6. The van der Waals surface area contributed by atoms with Crippen molar-refractivity contribution in [3.05, 3.63) is 42.0 Å². The van der Waals surface area contributed by atoms with E-state index in [1.165, 1.54) is 0 Å². The van der Waals surface area contributed by atoms with E-state index in [0.29, 0.717) is 24.6 Å². The minimum Gasteiger partial charge on any atom is -0.496 e. The van der Waals surface area contributed by atoms with E-state index in [-0.39, 0.29) is 7.43 Å². The predicted octanol–water partition coefficient (Wildman–Crippen LogP) is 4.87. The first-order valence-electron chi connectivity index (χ1n) is 11.7. The van der Waals surface area contributed by atoms with Gasteiger partial charge in [-0.3, -0.25) is 0 Å². The van der Waals surface area contributed by atoms with Gasteiger partial charge in [0.15, 0.2) is 0 Å². The Morgan fingerprint density at radius 3 is 2.11 bits per heavy atom. The summed E-state index contributed by atoms with van der Waals surface area (Å²) in [6.45, 7) is 0.680. The molecule has 190 valence electrons. The maximum Gasteiger partial charge on any atom is 0.225 e. The van der Waals surface area contributed by atoms with Crippen molar-refractivity contribution in [2.75, 3.05) is 45.6 Å². The smallest absolute Gasteiger partial charge is 0.225 e. The highest BCUT2D eigenvalue weighted by molar-refractivity contribution is 5.90. The largest absolute Gasteiger partial charge is 0.496 e. The van der Waals surface area contributed by atoms with E-state index in [1.54, 1.807) is 21.3 Å². The van der Waals surface area contributed by atoms with Crippen molar-refractivity contribution in [2.24, 2.45) is 0 Å². The van der Waals surface area contributed by atoms with Crippen LogP contribution in [0.1, 0.15) is 38.7 Å². The molecule has 1 saturated carbocycles. The van der Waals surface area contributed by atoms with Crippen LogP contribution in [0.4, 0.5) is 11.8 Å². The SMILES string of the molecule is C.COc1cc(OC)c(CNC2CCC(Nc3nc(N(C)C)c4ccccc4n3)CC2)c(OC)c1. The molecule has 8 heteroatoms. The molecule has 1 fully saturated rings. The molecule has 4 rings (SSSR count). The van der Waals surface area contributed by atoms with Crippen LogP contribution in [0.25, 0.3) is 10.9 Å². The Hall–Kier alpha value is -3.26. The first-order chi connectivity index (χ1) is 16.5. The molecule has 1 aliphatic rings. The average Bonchev–Trinajstić information content (AvgIpc) is 2.87. The van der Waals surface area contributed by atoms with E-state index in [4.69, 9.17) is 24.2 Å². The minimum absolute atomic E-state index is 0. The Morgan fingerprint density at radius 2 is 1.51 bits per heavy atom. The molecule has 2 N–H and O–H groups in total. The third kappa shape index (κ3) is 6.06. The molecule has 35 heavy (non-hydrogen) atoms. The van der Waals surface area contributed by atoms with Crippen molar-refractivity contribution in [3.8, 4) is 17.2 Å². The summed E-state index contributed by atoms with van der Waals surface area (Å²) >= 11 is 0. The van der Waals surface area contributed by atoms with Crippen molar-refractivity contribution in [3.63, 3.8) is 0 Å². The molecule has 0 spiro atoms. The van der Waals surface area contributed by atoms with Gasteiger partial charge in [-0.2, -0.15) is 4.98 Å². The summed E-state index contributed by atoms with van der Waals surface area (Å²) in [5.41, 5.74) is 1.97. The Bertz CT molecular complexity index is 1090. The lowest BCUT2D eigenvalue weighted by Gasteiger charge is -2.30. The van der Waals surface area contributed by atoms with Crippen LogP contribution in [-0.2, 0) is 6.54 Å². The van der Waals surface area contributed by atoms with Gasteiger partial charge >= 0.3 is 0 Å². The molecule has 0 bridgehead atoms. The standard InChI is InChI=1S/C26H35N5O3.CH4/c1-31(2)25-20-8-6-7-9-22(20)29-26(30-25)28-18-12-10-17(11-13-18)27-16-21-23(33-4)14-19(32-3)15-24(21)34-5;/h6-9,14-15,17-18,27H,10-13,16H2,1-5H3,(H,28,29,30);1H4. The normalized spacial score (nSPS) is 17.4. The van der Waals surface area contributed by atoms with Gasteiger partial charge < -0.3 is 29.7 Å². The van der Waals surface area contributed by atoms with E-state index in [0.717, 1.165) is 65.2 Å². The molecule has 0 amide bonds. The summed E-state index contributed by atoms with van der Waals surface area (Å²) in [5, 5.41) is 8.34. The van der Waals surface area contributed by atoms with Crippen molar-refractivity contribution < 1.29 is 14.2 Å². The lowest BCUT2D eigenvalue weighted by Crippen LogP contribution is -2.37. The van der Waals surface area contributed by atoms with Crippen LogP contribution >= 0.6 is 0 Å². The van der Waals surface area contributed by atoms with Crippen LogP contribution in [0.15, 0.2) is 36.4 Å². The Morgan fingerprint density at radius 1 is 0.886 bits per heavy atom. The van der Waals surface area contributed by atoms with Crippen LogP contribution in [-0.4, -0.2) is 57.5 Å². The Kier molecular flexibility index (Phi) is 8.98. The molecule has 0 radical (unpaired) electrons. The van der Waals surface area contributed by atoms with Gasteiger partial charge in [0.1, 0.15) is 23.1 Å². The van der Waals surface area contributed by atoms with E-state index in [2.05, 4.69) is 16.7 Å². The van der Waals surface area contributed by atoms with Crippen LogP contribution < -0.4 is 29.7 Å². The lowest BCUT2D eigenvalue weighted by atomic mass is 9.91. The first kappa shape index (κ1) is 26.3. The molecule has 3 aromatic rings. The van der Waals surface area contributed by atoms with E-state index in [1.807, 2.05) is 49.3 Å². The number of fused-ring (bicyclic) bond motifs is 1. The summed E-state index contributed by atoms with van der Waals surface area (Å²) in [5.74, 6) is 3.89. The van der Waals surface area contributed by atoms with Crippen molar-refractivity contribution in [1.82, 2.24) is 15.3 Å². The average molecular weight is 482 g/mol. The highest BCUT2D eigenvalue weighted by Crippen LogP contribution is 2.34. The third-order valence-electron chi connectivity index (χ3n) is 6.45. The number of nitrogens with zero attached hydrogens (tertiary/aromatic N) is 3. The number of hydrogen-bond donors (Lipinski definition) is 2. The highest BCUT2D eigenvalue weighted by atomic mass is 16.5. The lowest BCUT2D eigenvalue weighted by molar-refractivity contribution is 0.338. The molecule has 1 aliphatic carbocycles. The highest BCUT2D eigenvalue weighted by Gasteiger charge is 2.23. The quantitative estimate of drug-likeness (QED) is 0.448. The summed E-state index contributed by atoms with van der Waals surface area (Å²) in [6, 6.07) is 12.7. The fraction of sp³-hybridized carbons (Fsp3) is 0.481. The number of hydrogen-bond acceptors (Lipinski definition) is 8. The molecule has 8 nitrogen and oxygen atoms in total. The number of methoxy groups -OCH3 is 3. The molecule has 1 aromatic heterocycles. The van der Waals surface area contributed by atoms with Gasteiger partial charge in [-0.25, -0.2) is 4.98 Å². The van der Waals surface area contributed by atoms with Gasteiger partial charge in [-0.1, -0.05) is 19.6 Å². The van der Waals surface area contributed by atoms with Crippen LogP contribution in [0, 0.1) is 0 Å². The van der Waals surface area contributed by atoms with Gasteiger partial charge in [0.05, 0.1) is 32.4 Å². The number of aromatic nitrogens is 2. The zero-order valence-electron chi connectivity index (χ0n) is 20.7. The topological polar surface area (TPSA) is 80.8 Å². The van der Waals surface area contributed by atoms with E-state index < -0.39 is 0 Å². The van der Waals surface area contributed by atoms with Gasteiger partial charge in [-0.05, 0) is 37.8 Å². The second-order valence-electron chi connectivity index (χ2n) is 8.87. The number of rotatable bonds is 9. The second kappa shape index (κ2) is 11.9. The van der Waals surface area contributed by atoms with E-state index >= 15 is 0 Å². The first-order valence-corrected chi connectivity index (χ1v) is 11.7. The van der Waals surface area contributed by atoms with Gasteiger partial charge in [0, 0.05) is 50.2 Å². The minimum atomic E-state index is 0. The van der Waals surface area contributed by atoms with Crippen molar-refractivity contribution in [1.29, 1.82) is 0 Å². The zero-order chi connectivity index (χ0) is 24.1. The third-order valence-corrected chi connectivity index (χ3v) is 6.45. The Balaban J connectivity index is 0.00000342. The summed E-state index contributed by atoms with van der Waals surface area (Å²) in [7, 11) is 9.02. The summed E-state index contributed by atoms with van der Waals surface area (Å²) < 4.78 is 16.5. The Labute approximate surface area is 209 Å².